The van der Waals surface area contributed by atoms with Crippen LogP contribution in [0.1, 0.15) is 17.0 Å². The Bertz CT molecular complexity index is 946. The van der Waals surface area contributed by atoms with Crippen molar-refractivity contribution in [3.05, 3.63) is 58.7 Å². The van der Waals surface area contributed by atoms with Gasteiger partial charge in [0.1, 0.15) is 11.4 Å². The predicted octanol–water partition coefficient (Wildman–Crippen LogP) is 2.49. The molecule has 0 aliphatic carbocycles. The van der Waals surface area contributed by atoms with Crippen LogP contribution in [-0.4, -0.2) is 33.4 Å². The Morgan fingerprint density at radius 2 is 1.88 bits per heavy atom. The maximum atomic E-state index is 14.1. The van der Waals surface area contributed by atoms with Crippen LogP contribution in [0.3, 0.4) is 0 Å². The molecule has 1 aromatic carbocycles. The molecule has 1 aromatic heterocycles. The van der Waals surface area contributed by atoms with E-state index in [0.29, 0.717) is 11.3 Å². The van der Waals surface area contributed by atoms with Crippen molar-refractivity contribution in [1.29, 1.82) is 0 Å². The van der Waals surface area contributed by atoms with Gasteiger partial charge in [0, 0.05) is 18.4 Å². The molecular formula is C18H16FN3O2S. The molecule has 1 saturated heterocycles. The Morgan fingerprint density at radius 3 is 2.56 bits per heavy atom. The van der Waals surface area contributed by atoms with Crippen LogP contribution in [0.15, 0.2) is 35.9 Å². The zero-order valence-electron chi connectivity index (χ0n) is 14.0. The molecule has 7 heteroatoms. The van der Waals surface area contributed by atoms with E-state index in [9.17, 15) is 14.0 Å². The average molecular weight is 357 g/mol. The number of thiocarbonyl (C=S) groups is 1. The van der Waals surface area contributed by atoms with Crippen LogP contribution in [0, 0.1) is 19.7 Å². The van der Waals surface area contributed by atoms with Crippen LogP contribution in [0.4, 0.5) is 4.39 Å². The minimum atomic E-state index is -0.538. The first-order chi connectivity index (χ1) is 11.8. The van der Waals surface area contributed by atoms with E-state index in [-0.39, 0.29) is 16.5 Å². The molecule has 3 rings (SSSR count). The predicted molar refractivity (Wildman–Crippen MR) is 96.7 cm³/mol. The van der Waals surface area contributed by atoms with E-state index in [1.54, 1.807) is 22.8 Å². The van der Waals surface area contributed by atoms with E-state index in [1.807, 2.05) is 19.9 Å². The largest absolute Gasteiger partial charge is 0.315 e. The Labute approximate surface area is 149 Å². The number of hydrogen-bond donors (Lipinski definition) is 1. The summed E-state index contributed by atoms with van der Waals surface area (Å²) in [5.41, 5.74) is 2.60. The Kier molecular flexibility index (Phi) is 4.26. The molecule has 5 nitrogen and oxygen atoms in total. The minimum absolute atomic E-state index is 0.00937. The quantitative estimate of drug-likeness (QED) is 0.510. The van der Waals surface area contributed by atoms with Crippen LogP contribution < -0.4 is 5.32 Å². The fourth-order valence-electron chi connectivity index (χ4n) is 2.84. The number of carbonyl (C=O) groups excluding carboxylic acids is 2. The molecule has 2 heterocycles. The normalized spacial score (nSPS) is 16.6. The van der Waals surface area contributed by atoms with Crippen molar-refractivity contribution < 1.29 is 14.0 Å². The van der Waals surface area contributed by atoms with Crippen molar-refractivity contribution in [3.8, 4) is 5.69 Å². The molecule has 1 fully saturated rings. The number of hydrogen-bond acceptors (Lipinski definition) is 3. The summed E-state index contributed by atoms with van der Waals surface area (Å²) in [5, 5.41) is 2.55. The number of carbonyl (C=O) groups is 2. The number of rotatable bonds is 2. The molecule has 1 aliphatic rings. The summed E-state index contributed by atoms with van der Waals surface area (Å²) in [5.74, 6) is -1.35. The highest BCUT2D eigenvalue weighted by Crippen LogP contribution is 2.25. The zero-order chi connectivity index (χ0) is 18.3. The van der Waals surface area contributed by atoms with Gasteiger partial charge in [-0.05, 0) is 55.9 Å². The summed E-state index contributed by atoms with van der Waals surface area (Å²) < 4.78 is 15.9. The summed E-state index contributed by atoms with van der Waals surface area (Å²) in [6.07, 6.45) is 1.51. The van der Waals surface area contributed by atoms with Crippen LogP contribution in [0.5, 0.6) is 0 Å². The Morgan fingerprint density at radius 1 is 1.20 bits per heavy atom. The monoisotopic (exact) mass is 357 g/mol. The van der Waals surface area contributed by atoms with E-state index in [0.717, 1.165) is 11.4 Å². The molecule has 0 radical (unpaired) electrons. The Hall–Kier alpha value is -2.80. The molecule has 128 valence electrons. The molecule has 1 aliphatic heterocycles. The highest BCUT2D eigenvalue weighted by molar-refractivity contribution is 7.80. The molecule has 25 heavy (non-hydrogen) atoms. The molecule has 0 unspecified atom stereocenters. The van der Waals surface area contributed by atoms with Gasteiger partial charge in [0.05, 0.1) is 5.69 Å². The second-order valence-electron chi connectivity index (χ2n) is 5.79. The van der Waals surface area contributed by atoms with Gasteiger partial charge in [0.25, 0.3) is 11.8 Å². The lowest BCUT2D eigenvalue weighted by Crippen LogP contribution is -2.52. The molecule has 1 N–H and O–H groups in total. The number of para-hydroxylation sites is 1. The number of aryl methyl sites for hydroxylation is 1. The smallest absolute Gasteiger partial charge is 0.265 e. The number of likely N-dealkylation sites (N-methyl/N-ethyl adjacent to an activating group) is 1. The topological polar surface area (TPSA) is 54.3 Å². The molecular weight excluding hydrogens is 341 g/mol. The van der Waals surface area contributed by atoms with Crippen molar-refractivity contribution in [2.24, 2.45) is 0 Å². The number of benzene rings is 1. The van der Waals surface area contributed by atoms with Crippen molar-refractivity contribution in [1.82, 2.24) is 14.8 Å². The Balaban J connectivity index is 2.10. The van der Waals surface area contributed by atoms with Gasteiger partial charge < -0.3 is 4.57 Å². The van der Waals surface area contributed by atoms with Gasteiger partial charge in [-0.15, -0.1) is 0 Å². The van der Waals surface area contributed by atoms with Gasteiger partial charge in [-0.3, -0.25) is 19.8 Å². The third-order valence-electron chi connectivity index (χ3n) is 4.17. The van der Waals surface area contributed by atoms with Crippen molar-refractivity contribution in [2.75, 3.05) is 7.05 Å². The molecule has 0 saturated carbocycles. The summed E-state index contributed by atoms with van der Waals surface area (Å²) in [4.78, 5) is 25.6. The van der Waals surface area contributed by atoms with Gasteiger partial charge in [-0.25, -0.2) is 4.39 Å². The van der Waals surface area contributed by atoms with Gasteiger partial charge in [0.2, 0.25) is 0 Å². The van der Waals surface area contributed by atoms with E-state index >= 15 is 0 Å². The zero-order valence-corrected chi connectivity index (χ0v) is 14.8. The van der Waals surface area contributed by atoms with Gasteiger partial charge in [-0.1, -0.05) is 12.1 Å². The van der Waals surface area contributed by atoms with E-state index in [2.05, 4.69) is 5.32 Å². The lowest BCUT2D eigenvalue weighted by molar-refractivity contribution is -0.128. The average Bonchev–Trinajstić information content (AvgIpc) is 2.84. The van der Waals surface area contributed by atoms with Gasteiger partial charge in [-0.2, -0.15) is 0 Å². The third kappa shape index (κ3) is 2.87. The maximum absolute atomic E-state index is 14.1. The lowest BCUT2D eigenvalue weighted by Gasteiger charge is -2.25. The van der Waals surface area contributed by atoms with Crippen LogP contribution >= 0.6 is 12.2 Å². The summed E-state index contributed by atoms with van der Waals surface area (Å²) in [7, 11) is 1.50. The SMILES string of the molecule is Cc1cc(/C=C2\C(=O)NC(=S)N(C)C2=O)c(C)n1-c1ccccc1F. The number of nitrogens with zero attached hydrogens (tertiary/aromatic N) is 2. The number of halogens is 1. The van der Waals surface area contributed by atoms with Crippen LogP contribution in [0.2, 0.25) is 0 Å². The first-order valence-corrected chi connectivity index (χ1v) is 8.01. The summed E-state index contributed by atoms with van der Waals surface area (Å²) in [6.45, 7) is 3.65. The number of amides is 2. The van der Waals surface area contributed by atoms with E-state index in [4.69, 9.17) is 12.2 Å². The van der Waals surface area contributed by atoms with Crippen LogP contribution in [-0.2, 0) is 9.59 Å². The highest BCUT2D eigenvalue weighted by Gasteiger charge is 2.31. The van der Waals surface area contributed by atoms with Crippen molar-refractivity contribution in [3.63, 3.8) is 0 Å². The lowest BCUT2D eigenvalue weighted by atomic mass is 10.1. The minimum Gasteiger partial charge on any atom is -0.315 e. The van der Waals surface area contributed by atoms with Crippen molar-refractivity contribution in [2.45, 2.75) is 13.8 Å². The van der Waals surface area contributed by atoms with Gasteiger partial charge in [0.15, 0.2) is 5.11 Å². The maximum Gasteiger partial charge on any atom is 0.265 e. The van der Waals surface area contributed by atoms with Crippen LogP contribution in [0.25, 0.3) is 11.8 Å². The molecule has 2 amide bonds. The van der Waals surface area contributed by atoms with E-state index < -0.39 is 11.8 Å². The van der Waals surface area contributed by atoms with Gasteiger partial charge >= 0.3 is 0 Å². The highest BCUT2D eigenvalue weighted by atomic mass is 32.1. The number of aromatic nitrogens is 1. The molecule has 0 spiro atoms. The fourth-order valence-corrected chi connectivity index (χ4v) is 3.01. The molecule has 0 atom stereocenters. The fraction of sp³-hybridized carbons (Fsp3) is 0.167. The van der Waals surface area contributed by atoms with E-state index in [1.165, 1.54) is 24.1 Å². The van der Waals surface area contributed by atoms with Crippen molar-refractivity contribution >= 4 is 35.2 Å². The second kappa shape index (κ2) is 6.25. The molecule has 2 aromatic rings. The first kappa shape index (κ1) is 17.0. The standard InChI is InChI=1S/C18H16FN3O2S/c1-10-8-12(9-13-16(23)20-18(25)21(3)17(13)24)11(2)22(10)15-7-5-4-6-14(15)19/h4-9H,1-3H3,(H,20,23,25)/b13-9+. The summed E-state index contributed by atoms with van der Waals surface area (Å²) >= 11 is 4.93. The first-order valence-electron chi connectivity index (χ1n) is 7.60. The summed E-state index contributed by atoms with van der Waals surface area (Å²) in [6, 6.07) is 8.25. The molecule has 0 bridgehead atoms. The second-order valence-corrected chi connectivity index (χ2v) is 6.18. The number of nitrogens with one attached hydrogen (secondary N) is 1. The third-order valence-corrected chi connectivity index (χ3v) is 4.54.